The summed E-state index contributed by atoms with van der Waals surface area (Å²) in [5, 5.41) is 12.9. The molecule has 0 bridgehead atoms. The van der Waals surface area contributed by atoms with Gasteiger partial charge in [0.2, 0.25) is 0 Å². The third-order valence-electron chi connectivity index (χ3n) is 4.50. The molecule has 7 nitrogen and oxygen atoms in total. The smallest absolute Gasteiger partial charge is 0.325 e. The van der Waals surface area contributed by atoms with Gasteiger partial charge in [0.05, 0.1) is 13.7 Å². The fourth-order valence-electron chi connectivity index (χ4n) is 2.97. The molecule has 1 fully saturated rings. The van der Waals surface area contributed by atoms with E-state index in [4.69, 9.17) is 9.47 Å². The van der Waals surface area contributed by atoms with Crippen LogP contribution in [0.2, 0.25) is 0 Å². The van der Waals surface area contributed by atoms with Crippen LogP contribution in [0.15, 0.2) is 54.6 Å². The van der Waals surface area contributed by atoms with E-state index in [-0.39, 0.29) is 13.2 Å². The Morgan fingerprint density at radius 1 is 1.11 bits per heavy atom. The number of imide groups is 1. The van der Waals surface area contributed by atoms with Crippen LogP contribution in [-0.2, 0) is 10.3 Å². The zero-order valence-corrected chi connectivity index (χ0v) is 15.2. The number of rotatable bonds is 7. The van der Waals surface area contributed by atoms with Crippen molar-refractivity contribution in [2.45, 2.75) is 18.6 Å². The second-order valence-corrected chi connectivity index (χ2v) is 6.48. The molecule has 0 radical (unpaired) electrons. The van der Waals surface area contributed by atoms with Gasteiger partial charge < -0.3 is 19.9 Å². The van der Waals surface area contributed by atoms with Crippen molar-refractivity contribution in [3.8, 4) is 11.5 Å². The predicted molar refractivity (Wildman–Crippen MR) is 98.5 cm³/mol. The molecule has 0 aromatic heterocycles. The van der Waals surface area contributed by atoms with Crippen molar-refractivity contribution in [3.63, 3.8) is 0 Å². The van der Waals surface area contributed by atoms with E-state index in [1.54, 1.807) is 43.3 Å². The normalized spacial score (nSPS) is 20.3. The van der Waals surface area contributed by atoms with E-state index in [0.717, 1.165) is 4.90 Å². The van der Waals surface area contributed by atoms with Gasteiger partial charge in [0.1, 0.15) is 29.7 Å². The Kier molecular flexibility index (Phi) is 5.32. The summed E-state index contributed by atoms with van der Waals surface area (Å²) < 4.78 is 10.7. The lowest BCUT2D eigenvalue weighted by molar-refractivity contribution is -0.132. The number of benzene rings is 2. The third-order valence-corrected chi connectivity index (χ3v) is 4.50. The number of amides is 3. The van der Waals surface area contributed by atoms with Gasteiger partial charge in [0.25, 0.3) is 5.91 Å². The lowest BCUT2D eigenvalue weighted by Crippen LogP contribution is -2.42. The largest absolute Gasteiger partial charge is 0.497 e. The average molecular weight is 370 g/mol. The minimum Gasteiger partial charge on any atom is -0.497 e. The molecule has 0 aliphatic carbocycles. The first-order valence-electron chi connectivity index (χ1n) is 8.58. The van der Waals surface area contributed by atoms with Crippen molar-refractivity contribution in [1.82, 2.24) is 10.2 Å². The standard InChI is InChI=1S/C20H22N2O5/c1-20(14-7-6-10-17(11-14)26-2)18(24)22(19(25)21-20)12-15(23)13-27-16-8-4-3-5-9-16/h3-11,15,23H,12-13H2,1-2H3,(H,21,25)/t15-,20+/m1/s1. The maximum absolute atomic E-state index is 12.9. The number of methoxy groups -OCH3 is 1. The molecule has 2 aromatic carbocycles. The molecule has 0 spiro atoms. The molecule has 3 amide bonds. The highest BCUT2D eigenvalue weighted by molar-refractivity contribution is 6.07. The number of aliphatic hydroxyl groups is 1. The van der Waals surface area contributed by atoms with Crippen molar-refractivity contribution in [3.05, 3.63) is 60.2 Å². The lowest BCUT2D eigenvalue weighted by atomic mass is 9.92. The molecule has 2 N–H and O–H groups in total. The number of β-amino-alcohol motifs (C(OH)–C–C–N with tert-alkyl or cyclic N) is 1. The molecule has 2 atom stereocenters. The summed E-state index contributed by atoms with van der Waals surface area (Å²) in [6, 6.07) is 15.4. The van der Waals surface area contributed by atoms with Crippen molar-refractivity contribution >= 4 is 11.9 Å². The van der Waals surface area contributed by atoms with E-state index in [0.29, 0.717) is 17.1 Å². The van der Waals surface area contributed by atoms with Crippen LogP contribution in [0, 0.1) is 0 Å². The predicted octanol–water partition coefficient (Wildman–Crippen LogP) is 1.90. The molecular formula is C20H22N2O5. The Morgan fingerprint density at radius 3 is 2.52 bits per heavy atom. The Balaban J connectivity index is 1.68. The first-order valence-corrected chi connectivity index (χ1v) is 8.58. The van der Waals surface area contributed by atoms with Gasteiger partial charge in [-0.3, -0.25) is 9.69 Å². The molecule has 0 unspecified atom stereocenters. The SMILES string of the molecule is COc1cccc([C@]2(C)NC(=O)N(C[C@@H](O)COc3ccccc3)C2=O)c1. The van der Waals surface area contributed by atoms with Crippen LogP contribution in [0.5, 0.6) is 11.5 Å². The van der Waals surface area contributed by atoms with Crippen LogP contribution in [0.1, 0.15) is 12.5 Å². The summed E-state index contributed by atoms with van der Waals surface area (Å²) in [5.41, 5.74) is -0.608. The number of hydrogen-bond acceptors (Lipinski definition) is 5. The van der Waals surface area contributed by atoms with Gasteiger partial charge in [-0.15, -0.1) is 0 Å². The van der Waals surface area contributed by atoms with E-state index in [1.807, 2.05) is 18.2 Å². The number of carbonyl (C=O) groups excluding carboxylic acids is 2. The number of nitrogens with one attached hydrogen (secondary N) is 1. The fourth-order valence-corrected chi connectivity index (χ4v) is 2.97. The highest BCUT2D eigenvalue weighted by Crippen LogP contribution is 2.31. The first kappa shape index (κ1) is 18.7. The molecule has 7 heteroatoms. The summed E-state index contributed by atoms with van der Waals surface area (Å²) in [5.74, 6) is 0.764. The second-order valence-electron chi connectivity index (χ2n) is 6.48. The summed E-state index contributed by atoms with van der Waals surface area (Å²) in [7, 11) is 1.53. The molecule has 142 valence electrons. The minimum atomic E-state index is -1.22. The van der Waals surface area contributed by atoms with E-state index in [2.05, 4.69) is 5.32 Å². The molecular weight excluding hydrogens is 348 g/mol. The van der Waals surface area contributed by atoms with Gasteiger partial charge in [-0.1, -0.05) is 30.3 Å². The minimum absolute atomic E-state index is 0.0308. The number of hydrogen-bond donors (Lipinski definition) is 2. The first-order chi connectivity index (χ1) is 12.9. The number of ether oxygens (including phenoxy) is 2. The molecule has 1 aliphatic heterocycles. The van der Waals surface area contributed by atoms with E-state index < -0.39 is 23.6 Å². The maximum Gasteiger partial charge on any atom is 0.325 e. The Labute approximate surface area is 157 Å². The quantitative estimate of drug-likeness (QED) is 0.727. The van der Waals surface area contributed by atoms with Gasteiger partial charge >= 0.3 is 6.03 Å². The van der Waals surface area contributed by atoms with Crippen LogP contribution in [0.3, 0.4) is 0 Å². The van der Waals surface area contributed by atoms with Gasteiger partial charge in [0, 0.05) is 0 Å². The zero-order chi connectivity index (χ0) is 19.4. The summed E-state index contributed by atoms with van der Waals surface area (Å²) in [6.07, 6.45) is -1.01. The van der Waals surface area contributed by atoms with Crippen LogP contribution in [0.25, 0.3) is 0 Å². The Bertz CT molecular complexity index is 826. The van der Waals surface area contributed by atoms with Crippen molar-refractivity contribution < 1.29 is 24.2 Å². The third kappa shape index (κ3) is 3.88. The van der Waals surface area contributed by atoms with Crippen LogP contribution < -0.4 is 14.8 Å². The lowest BCUT2D eigenvalue weighted by Gasteiger charge is -2.23. The highest BCUT2D eigenvalue weighted by Gasteiger charge is 2.49. The number of aliphatic hydroxyl groups excluding tert-OH is 1. The molecule has 1 heterocycles. The van der Waals surface area contributed by atoms with Crippen LogP contribution in [-0.4, -0.2) is 48.3 Å². The van der Waals surface area contributed by atoms with Crippen molar-refractivity contribution in [2.75, 3.05) is 20.3 Å². The maximum atomic E-state index is 12.9. The molecule has 27 heavy (non-hydrogen) atoms. The highest BCUT2D eigenvalue weighted by atomic mass is 16.5. The average Bonchev–Trinajstić information content (AvgIpc) is 2.91. The second kappa shape index (κ2) is 7.67. The van der Waals surface area contributed by atoms with Gasteiger partial charge in [-0.2, -0.15) is 0 Å². The molecule has 1 aliphatic rings. The van der Waals surface area contributed by atoms with E-state index in [9.17, 15) is 14.7 Å². The van der Waals surface area contributed by atoms with E-state index in [1.165, 1.54) is 7.11 Å². The Morgan fingerprint density at radius 2 is 1.81 bits per heavy atom. The van der Waals surface area contributed by atoms with E-state index >= 15 is 0 Å². The van der Waals surface area contributed by atoms with Crippen molar-refractivity contribution in [1.29, 1.82) is 0 Å². The van der Waals surface area contributed by atoms with Gasteiger partial charge in [-0.05, 0) is 36.8 Å². The Hall–Kier alpha value is -3.06. The van der Waals surface area contributed by atoms with Gasteiger partial charge in [-0.25, -0.2) is 4.79 Å². The van der Waals surface area contributed by atoms with Crippen LogP contribution >= 0.6 is 0 Å². The number of para-hydroxylation sites is 1. The number of nitrogens with zero attached hydrogens (tertiary/aromatic N) is 1. The summed E-state index contributed by atoms with van der Waals surface area (Å²) in [4.78, 5) is 26.3. The monoisotopic (exact) mass is 370 g/mol. The zero-order valence-electron chi connectivity index (χ0n) is 15.2. The van der Waals surface area contributed by atoms with Crippen LogP contribution in [0.4, 0.5) is 4.79 Å². The number of carbonyl (C=O) groups is 2. The van der Waals surface area contributed by atoms with Crippen molar-refractivity contribution in [2.24, 2.45) is 0 Å². The molecule has 2 aromatic rings. The number of urea groups is 1. The molecule has 1 saturated heterocycles. The fraction of sp³-hybridized carbons (Fsp3) is 0.300. The summed E-state index contributed by atoms with van der Waals surface area (Å²) >= 11 is 0. The summed E-state index contributed by atoms with van der Waals surface area (Å²) in [6.45, 7) is 1.45. The topological polar surface area (TPSA) is 88.1 Å². The molecule has 3 rings (SSSR count). The molecule has 0 saturated carbocycles. The van der Waals surface area contributed by atoms with Gasteiger partial charge in [0.15, 0.2) is 0 Å².